The molecule has 0 radical (unpaired) electrons. The molecule has 0 unspecified atom stereocenters. The molecule has 7 heteroatoms. The second-order valence-electron chi connectivity index (χ2n) is 8.63. The minimum atomic E-state index is -0.235. The van der Waals surface area contributed by atoms with E-state index in [0.29, 0.717) is 17.5 Å². The van der Waals surface area contributed by atoms with Gasteiger partial charge in [0.05, 0.1) is 30.4 Å². The smallest absolute Gasteiger partial charge is 0.187 e. The molecule has 1 fully saturated rings. The Kier molecular flexibility index (Phi) is 8.87. The van der Waals surface area contributed by atoms with Crippen LogP contribution in [-0.4, -0.2) is 18.6 Å². The van der Waals surface area contributed by atoms with Crippen molar-refractivity contribution in [3.63, 3.8) is 0 Å². The number of methoxy groups -OCH3 is 1. The maximum absolute atomic E-state index is 13.7. The second kappa shape index (κ2) is 11.4. The second-order valence-corrected chi connectivity index (χ2v) is 10.2. The highest BCUT2D eigenvalue weighted by molar-refractivity contribution is 7.16. The molecule has 0 saturated heterocycles. The molecular weight excluding hydrogens is 490 g/mol. The number of aromatic nitrogens is 1. The summed E-state index contributed by atoms with van der Waals surface area (Å²) in [5.74, 6) is 3.99. The number of rotatable bonds is 8. The molecule has 4 rings (SSSR count). The lowest BCUT2D eigenvalue weighted by Crippen LogP contribution is -2.32. The van der Waals surface area contributed by atoms with Gasteiger partial charge in [-0.1, -0.05) is 48.9 Å². The Balaban J connectivity index is 0.00000324. The maximum Gasteiger partial charge on any atom is 0.187 e. The topological polar surface area (TPSA) is 25.4 Å². The monoisotopic (exact) mass is 518 g/mol. The van der Waals surface area contributed by atoms with Crippen LogP contribution in [0.15, 0.2) is 36.4 Å². The molecule has 1 aromatic heterocycles. The first-order valence-corrected chi connectivity index (χ1v) is 12.4. The molecule has 0 amide bonds. The molecule has 0 spiro atoms. The van der Waals surface area contributed by atoms with Crippen molar-refractivity contribution in [2.75, 3.05) is 18.6 Å². The summed E-state index contributed by atoms with van der Waals surface area (Å²) in [6.45, 7) is 4.48. The highest BCUT2D eigenvalue weighted by Gasteiger charge is 2.29. The summed E-state index contributed by atoms with van der Waals surface area (Å²) < 4.78 is 19.1. The van der Waals surface area contributed by atoms with E-state index in [1.807, 2.05) is 31.2 Å². The largest absolute Gasteiger partial charge is 0.496 e. The van der Waals surface area contributed by atoms with E-state index in [0.717, 1.165) is 44.6 Å². The number of aryl methyl sites for hydroxylation is 2. The van der Waals surface area contributed by atoms with E-state index in [1.54, 1.807) is 18.4 Å². The minimum absolute atomic E-state index is 0. The number of thiazole rings is 1. The number of hydrogen-bond acceptors (Lipinski definition) is 4. The Labute approximate surface area is 216 Å². The van der Waals surface area contributed by atoms with E-state index in [-0.39, 0.29) is 24.3 Å². The Morgan fingerprint density at radius 1 is 1.26 bits per heavy atom. The van der Waals surface area contributed by atoms with E-state index in [1.165, 1.54) is 31.4 Å². The van der Waals surface area contributed by atoms with Gasteiger partial charge in [0, 0.05) is 10.4 Å². The summed E-state index contributed by atoms with van der Waals surface area (Å²) in [4.78, 5) is 8.28. The quantitative estimate of drug-likeness (QED) is 0.282. The molecule has 3 aromatic rings. The third-order valence-electron chi connectivity index (χ3n) is 6.44. The van der Waals surface area contributed by atoms with Gasteiger partial charge in [-0.05, 0) is 61.6 Å². The Morgan fingerprint density at radius 3 is 2.56 bits per heavy atom. The van der Waals surface area contributed by atoms with Crippen molar-refractivity contribution < 1.29 is 9.13 Å². The number of terminal acetylenes is 1. The van der Waals surface area contributed by atoms with Gasteiger partial charge in [-0.25, -0.2) is 9.37 Å². The van der Waals surface area contributed by atoms with Gasteiger partial charge in [0.2, 0.25) is 0 Å². The molecule has 34 heavy (non-hydrogen) atoms. The fourth-order valence-electron chi connectivity index (χ4n) is 4.40. The number of anilines is 1. The first-order chi connectivity index (χ1) is 15.9. The fourth-order valence-corrected chi connectivity index (χ4v) is 5.62. The summed E-state index contributed by atoms with van der Waals surface area (Å²) in [7, 11) is 1.64. The van der Waals surface area contributed by atoms with Crippen LogP contribution >= 0.6 is 35.3 Å². The number of benzene rings is 2. The van der Waals surface area contributed by atoms with Crippen LogP contribution in [0.2, 0.25) is 5.02 Å². The molecule has 1 atom stereocenters. The van der Waals surface area contributed by atoms with Crippen LogP contribution in [0, 0.1) is 37.9 Å². The Morgan fingerprint density at radius 2 is 1.97 bits per heavy atom. The van der Waals surface area contributed by atoms with Crippen molar-refractivity contribution in [1.29, 1.82) is 0 Å². The number of nitrogens with zero attached hydrogens (tertiary/aromatic N) is 2. The van der Waals surface area contributed by atoms with E-state index >= 15 is 0 Å². The van der Waals surface area contributed by atoms with Gasteiger partial charge in [0.25, 0.3) is 0 Å². The molecule has 3 nitrogen and oxygen atoms in total. The van der Waals surface area contributed by atoms with Gasteiger partial charge >= 0.3 is 0 Å². The van der Waals surface area contributed by atoms with Crippen molar-refractivity contribution in [3.8, 4) is 29.4 Å². The zero-order chi connectivity index (χ0) is 23.5. The minimum Gasteiger partial charge on any atom is -0.496 e. The molecule has 0 aliphatic heterocycles. The zero-order valence-electron chi connectivity index (χ0n) is 19.6. The summed E-state index contributed by atoms with van der Waals surface area (Å²) in [6, 6.07) is 10.7. The molecule has 0 N–H and O–H groups in total. The molecule has 180 valence electrons. The molecule has 1 saturated carbocycles. The lowest BCUT2D eigenvalue weighted by molar-refractivity contribution is 0.273. The number of hydrogen-bond donors (Lipinski definition) is 0. The molecule has 1 aliphatic carbocycles. The van der Waals surface area contributed by atoms with Crippen LogP contribution in [0.3, 0.4) is 0 Å². The van der Waals surface area contributed by atoms with Crippen molar-refractivity contribution in [3.05, 3.63) is 63.2 Å². The lowest BCUT2D eigenvalue weighted by Gasteiger charge is -2.36. The van der Waals surface area contributed by atoms with Crippen LogP contribution in [0.5, 0.6) is 5.75 Å². The van der Waals surface area contributed by atoms with E-state index in [9.17, 15) is 4.39 Å². The van der Waals surface area contributed by atoms with Crippen LogP contribution in [-0.2, 0) is 0 Å². The number of halogens is 3. The van der Waals surface area contributed by atoms with Gasteiger partial charge in [-0.3, -0.25) is 0 Å². The normalized spacial score (nSPS) is 14.0. The zero-order valence-corrected chi connectivity index (χ0v) is 22.0. The highest BCUT2D eigenvalue weighted by atomic mass is 35.5. The predicted octanol–water partition coefficient (Wildman–Crippen LogP) is 8.02. The third-order valence-corrected chi connectivity index (χ3v) is 7.77. The highest BCUT2D eigenvalue weighted by Crippen LogP contribution is 2.43. The fraction of sp³-hybridized carbons (Fsp3) is 0.370. The van der Waals surface area contributed by atoms with Gasteiger partial charge < -0.3 is 9.64 Å². The van der Waals surface area contributed by atoms with Crippen molar-refractivity contribution in [2.45, 2.75) is 45.6 Å². The summed E-state index contributed by atoms with van der Waals surface area (Å²) in [6.07, 6.45) is 10.5. The van der Waals surface area contributed by atoms with E-state index in [2.05, 4.69) is 17.7 Å². The van der Waals surface area contributed by atoms with Crippen molar-refractivity contribution in [2.24, 2.45) is 5.92 Å². The molecule has 0 bridgehead atoms. The average molecular weight is 520 g/mol. The SMILES string of the molecule is C#CCN(c1nc(-c2cc(C)c(OC)cc2Cl)c(C)s1)[C@@H](CC1CCC1)c1ccc(F)cc1.Cl. The number of ether oxygens (including phenoxy) is 1. The molecule has 2 aromatic carbocycles. The lowest BCUT2D eigenvalue weighted by atomic mass is 9.79. The van der Waals surface area contributed by atoms with E-state index < -0.39 is 0 Å². The average Bonchev–Trinajstić information content (AvgIpc) is 3.15. The van der Waals surface area contributed by atoms with Gasteiger partial charge in [-0.2, -0.15) is 0 Å². The van der Waals surface area contributed by atoms with Crippen LogP contribution < -0.4 is 9.64 Å². The predicted molar refractivity (Wildman–Crippen MR) is 143 cm³/mol. The van der Waals surface area contributed by atoms with E-state index in [4.69, 9.17) is 27.7 Å². The van der Waals surface area contributed by atoms with Crippen LogP contribution in [0.4, 0.5) is 9.52 Å². The molecule has 1 aliphatic rings. The Hall–Kier alpha value is -2.26. The summed E-state index contributed by atoms with van der Waals surface area (Å²) in [5.41, 5.74) is 3.80. The van der Waals surface area contributed by atoms with Gasteiger partial charge in [-0.15, -0.1) is 30.2 Å². The van der Waals surface area contributed by atoms with Crippen LogP contribution in [0.25, 0.3) is 11.3 Å². The molecule has 1 heterocycles. The first kappa shape index (κ1) is 26.3. The van der Waals surface area contributed by atoms with Gasteiger partial charge in [0.1, 0.15) is 11.6 Å². The third kappa shape index (κ3) is 5.51. The molecular formula is C27H29Cl2FN2OS. The van der Waals surface area contributed by atoms with Crippen LogP contribution in [0.1, 0.15) is 47.7 Å². The van der Waals surface area contributed by atoms with Crippen molar-refractivity contribution in [1.82, 2.24) is 4.98 Å². The Bertz CT molecular complexity index is 1170. The van der Waals surface area contributed by atoms with Crippen molar-refractivity contribution >= 4 is 40.5 Å². The van der Waals surface area contributed by atoms with Gasteiger partial charge in [0.15, 0.2) is 5.13 Å². The summed E-state index contributed by atoms with van der Waals surface area (Å²) in [5, 5.41) is 1.46. The standard InChI is InChI=1S/C27H28ClFN2OS.ClH/c1-5-13-31(24(15-19-7-6-8-19)20-9-11-21(29)12-10-20)27-30-26(18(3)33-27)22-14-17(2)25(32-4)16-23(22)28;/h1,9-12,14,16,19,24H,6-8,13,15H2,2-4H3;1H/t24-;/m0./s1. The first-order valence-electron chi connectivity index (χ1n) is 11.2. The maximum atomic E-state index is 13.7. The summed E-state index contributed by atoms with van der Waals surface area (Å²) >= 11 is 8.22.